The predicted octanol–water partition coefficient (Wildman–Crippen LogP) is 1.51. The molecule has 2 N–H and O–H groups in total. The van der Waals surface area contributed by atoms with Crippen molar-refractivity contribution in [2.75, 3.05) is 38.2 Å². The number of rotatable bonds is 4. The van der Waals surface area contributed by atoms with Crippen molar-refractivity contribution in [3.8, 4) is 12.3 Å². The van der Waals surface area contributed by atoms with Gasteiger partial charge in [-0.15, -0.1) is 6.42 Å². The Bertz CT molecular complexity index is 518. The van der Waals surface area contributed by atoms with Crippen LogP contribution in [0.15, 0.2) is 24.3 Å². The first-order valence-corrected chi connectivity index (χ1v) is 7.12. The summed E-state index contributed by atoms with van der Waals surface area (Å²) in [6, 6.07) is 7.29. The number of ether oxygens (including phenoxy) is 1. The molecule has 0 bridgehead atoms. The standard InChI is InChI=1S/C16H21N3O2/c1-3-14-5-4-6-15(11-14)18-16(20)17-12-13(2)19-7-9-21-10-8-19/h1,4-6,11,13H,7-10,12H2,2H3,(H2,17,18,20)/t13-/m1/s1. The smallest absolute Gasteiger partial charge is 0.319 e. The lowest BCUT2D eigenvalue weighted by Crippen LogP contribution is -2.47. The molecule has 0 aromatic heterocycles. The Morgan fingerprint density at radius 2 is 2.24 bits per heavy atom. The molecule has 1 fully saturated rings. The molecule has 1 aliphatic heterocycles. The number of carbonyl (C=O) groups excluding carboxylic acids is 1. The van der Waals surface area contributed by atoms with Crippen LogP contribution >= 0.6 is 0 Å². The lowest BCUT2D eigenvalue weighted by atomic mass is 10.2. The first-order chi connectivity index (χ1) is 10.2. The largest absolute Gasteiger partial charge is 0.379 e. The molecule has 1 saturated heterocycles. The average molecular weight is 287 g/mol. The topological polar surface area (TPSA) is 53.6 Å². The van der Waals surface area contributed by atoms with E-state index in [-0.39, 0.29) is 12.1 Å². The summed E-state index contributed by atoms with van der Waals surface area (Å²) in [6.07, 6.45) is 5.34. The van der Waals surface area contributed by atoms with E-state index in [1.165, 1.54) is 0 Å². The minimum Gasteiger partial charge on any atom is -0.379 e. The molecule has 1 aromatic carbocycles. The Hall–Kier alpha value is -2.03. The fourth-order valence-electron chi connectivity index (χ4n) is 2.25. The fourth-order valence-corrected chi connectivity index (χ4v) is 2.25. The zero-order chi connectivity index (χ0) is 15.1. The van der Waals surface area contributed by atoms with E-state index >= 15 is 0 Å². The van der Waals surface area contributed by atoms with Crippen LogP contribution in [0, 0.1) is 12.3 Å². The maximum absolute atomic E-state index is 11.9. The van der Waals surface area contributed by atoms with Crippen molar-refractivity contribution < 1.29 is 9.53 Å². The molecule has 21 heavy (non-hydrogen) atoms. The summed E-state index contributed by atoms with van der Waals surface area (Å²) < 4.78 is 5.32. The maximum atomic E-state index is 11.9. The zero-order valence-corrected chi connectivity index (χ0v) is 12.3. The molecule has 112 valence electrons. The second-order valence-electron chi connectivity index (χ2n) is 5.06. The average Bonchev–Trinajstić information content (AvgIpc) is 2.53. The Morgan fingerprint density at radius 3 is 2.95 bits per heavy atom. The summed E-state index contributed by atoms with van der Waals surface area (Å²) in [6.45, 7) is 6.04. The summed E-state index contributed by atoms with van der Waals surface area (Å²) >= 11 is 0. The van der Waals surface area contributed by atoms with Crippen molar-refractivity contribution >= 4 is 11.7 Å². The van der Waals surface area contributed by atoms with E-state index in [1.54, 1.807) is 6.07 Å². The third kappa shape index (κ3) is 4.78. The number of amides is 2. The number of nitrogens with zero attached hydrogens (tertiary/aromatic N) is 1. The highest BCUT2D eigenvalue weighted by Crippen LogP contribution is 2.09. The van der Waals surface area contributed by atoms with Crippen LogP contribution in [-0.2, 0) is 4.74 Å². The van der Waals surface area contributed by atoms with Crippen LogP contribution in [0.4, 0.5) is 10.5 Å². The zero-order valence-electron chi connectivity index (χ0n) is 12.3. The molecule has 0 spiro atoms. The van der Waals surface area contributed by atoms with Gasteiger partial charge >= 0.3 is 6.03 Å². The summed E-state index contributed by atoms with van der Waals surface area (Å²) in [5, 5.41) is 5.67. The van der Waals surface area contributed by atoms with Crippen molar-refractivity contribution in [3.63, 3.8) is 0 Å². The van der Waals surface area contributed by atoms with Crippen LogP contribution in [0.3, 0.4) is 0 Å². The molecular formula is C16H21N3O2. The number of urea groups is 1. The summed E-state index contributed by atoms with van der Waals surface area (Å²) in [4.78, 5) is 14.2. The third-order valence-electron chi connectivity index (χ3n) is 3.51. The molecule has 0 radical (unpaired) electrons. The molecule has 2 amide bonds. The number of nitrogens with one attached hydrogen (secondary N) is 2. The Labute approximate surface area is 125 Å². The summed E-state index contributed by atoms with van der Waals surface area (Å²) in [5.41, 5.74) is 1.44. The van der Waals surface area contributed by atoms with Gasteiger partial charge in [0.2, 0.25) is 0 Å². The van der Waals surface area contributed by atoms with Crippen LogP contribution in [0.25, 0.3) is 0 Å². The molecule has 0 saturated carbocycles. The van der Waals surface area contributed by atoms with Crippen molar-refractivity contribution in [3.05, 3.63) is 29.8 Å². The van der Waals surface area contributed by atoms with E-state index in [4.69, 9.17) is 11.2 Å². The number of terminal acetylenes is 1. The molecule has 0 aliphatic carbocycles. The Morgan fingerprint density at radius 1 is 1.48 bits per heavy atom. The third-order valence-corrected chi connectivity index (χ3v) is 3.51. The van der Waals surface area contributed by atoms with E-state index < -0.39 is 0 Å². The monoisotopic (exact) mass is 287 g/mol. The van der Waals surface area contributed by atoms with Gasteiger partial charge in [-0.3, -0.25) is 4.90 Å². The van der Waals surface area contributed by atoms with Crippen LogP contribution in [-0.4, -0.2) is 49.8 Å². The Kier molecular flexibility index (Phi) is 5.61. The normalized spacial score (nSPS) is 16.8. The summed E-state index contributed by atoms with van der Waals surface area (Å²) in [5.74, 6) is 2.54. The van der Waals surface area contributed by atoms with E-state index in [0.29, 0.717) is 12.2 Å². The van der Waals surface area contributed by atoms with Crippen LogP contribution in [0.1, 0.15) is 12.5 Å². The number of hydrogen-bond acceptors (Lipinski definition) is 3. The number of carbonyl (C=O) groups is 1. The molecule has 1 aromatic rings. The van der Waals surface area contributed by atoms with Gasteiger partial charge in [-0.2, -0.15) is 0 Å². The number of benzene rings is 1. The minimum absolute atomic E-state index is 0.218. The van der Waals surface area contributed by atoms with E-state index in [9.17, 15) is 4.79 Å². The van der Waals surface area contributed by atoms with E-state index in [1.807, 2.05) is 18.2 Å². The molecule has 1 atom stereocenters. The first kappa shape index (κ1) is 15.4. The van der Waals surface area contributed by atoms with Crippen molar-refractivity contribution in [1.29, 1.82) is 0 Å². The van der Waals surface area contributed by atoms with Crippen LogP contribution in [0.2, 0.25) is 0 Å². The second-order valence-corrected chi connectivity index (χ2v) is 5.06. The van der Waals surface area contributed by atoms with Crippen LogP contribution in [0.5, 0.6) is 0 Å². The molecule has 5 nitrogen and oxygen atoms in total. The Balaban J connectivity index is 1.77. The van der Waals surface area contributed by atoms with Gasteiger partial charge in [0.1, 0.15) is 0 Å². The van der Waals surface area contributed by atoms with Gasteiger partial charge in [-0.1, -0.05) is 12.0 Å². The van der Waals surface area contributed by atoms with Gasteiger partial charge in [0.15, 0.2) is 0 Å². The molecule has 0 unspecified atom stereocenters. The number of anilines is 1. The van der Waals surface area contributed by atoms with E-state index in [2.05, 4.69) is 28.4 Å². The predicted molar refractivity (Wildman–Crippen MR) is 83.3 cm³/mol. The van der Waals surface area contributed by atoms with Gasteiger partial charge < -0.3 is 15.4 Å². The van der Waals surface area contributed by atoms with Gasteiger partial charge in [0.05, 0.1) is 13.2 Å². The van der Waals surface area contributed by atoms with Crippen molar-refractivity contribution in [2.24, 2.45) is 0 Å². The van der Waals surface area contributed by atoms with Crippen molar-refractivity contribution in [1.82, 2.24) is 10.2 Å². The summed E-state index contributed by atoms with van der Waals surface area (Å²) in [7, 11) is 0. The molecule has 1 heterocycles. The quantitative estimate of drug-likeness (QED) is 0.825. The van der Waals surface area contributed by atoms with Gasteiger partial charge in [-0.05, 0) is 25.1 Å². The molecule has 1 aliphatic rings. The van der Waals surface area contributed by atoms with Crippen LogP contribution < -0.4 is 10.6 Å². The molecular weight excluding hydrogens is 266 g/mol. The maximum Gasteiger partial charge on any atom is 0.319 e. The fraction of sp³-hybridized carbons (Fsp3) is 0.438. The molecule has 2 rings (SSSR count). The highest BCUT2D eigenvalue weighted by molar-refractivity contribution is 5.89. The van der Waals surface area contributed by atoms with Crippen molar-refractivity contribution in [2.45, 2.75) is 13.0 Å². The van der Waals surface area contributed by atoms with E-state index in [0.717, 1.165) is 31.9 Å². The lowest BCUT2D eigenvalue weighted by Gasteiger charge is -2.32. The SMILES string of the molecule is C#Cc1cccc(NC(=O)NC[C@@H](C)N2CCOCC2)c1. The minimum atomic E-state index is -0.218. The van der Waals surface area contributed by atoms with Gasteiger partial charge in [0.25, 0.3) is 0 Å². The number of morpholine rings is 1. The van der Waals surface area contributed by atoms with Gasteiger partial charge in [0, 0.05) is 36.9 Å². The second kappa shape index (κ2) is 7.67. The highest BCUT2D eigenvalue weighted by Gasteiger charge is 2.17. The van der Waals surface area contributed by atoms with Gasteiger partial charge in [-0.25, -0.2) is 4.79 Å². The molecule has 5 heteroatoms. The first-order valence-electron chi connectivity index (χ1n) is 7.12. The highest BCUT2D eigenvalue weighted by atomic mass is 16.5. The lowest BCUT2D eigenvalue weighted by molar-refractivity contribution is 0.0209. The number of hydrogen-bond donors (Lipinski definition) is 2.